The van der Waals surface area contributed by atoms with Crippen LogP contribution in [0, 0.1) is 0 Å². The van der Waals surface area contributed by atoms with Gasteiger partial charge >= 0.3 is 0 Å². The van der Waals surface area contributed by atoms with Gasteiger partial charge in [0, 0.05) is 15.6 Å². The Hall–Kier alpha value is -1.02. The van der Waals surface area contributed by atoms with Crippen molar-refractivity contribution in [3.63, 3.8) is 0 Å². The first-order valence-corrected chi connectivity index (χ1v) is 7.52. The molecule has 2 rings (SSSR count). The van der Waals surface area contributed by atoms with Gasteiger partial charge in [-0.15, -0.1) is 0 Å². The number of hydrogen-bond donors (Lipinski definition) is 1. The van der Waals surface area contributed by atoms with Crippen LogP contribution < -0.4 is 0 Å². The molecule has 0 heterocycles. The van der Waals surface area contributed by atoms with Crippen molar-refractivity contribution in [3.8, 4) is 0 Å². The third-order valence-corrected chi connectivity index (χ3v) is 4.37. The van der Waals surface area contributed by atoms with E-state index in [1.165, 1.54) is 5.56 Å². The van der Waals surface area contributed by atoms with Gasteiger partial charge in [-0.1, -0.05) is 67.4 Å². The first-order chi connectivity index (χ1) is 9.54. The van der Waals surface area contributed by atoms with Crippen molar-refractivity contribution >= 4 is 23.2 Å². The average molecular weight is 309 g/mol. The largest absolute Gasteiger partial charge is 0.384 e. The molecule has 0 aliphatic carbocycles. The van der Waals surface area contributed by atoms with Crippen LogP contribution in [0.3, 0.4) is 0 Å². The monoisotopic (exact) mass is 308 g/mol. The standard InChI is InChI=1S/C17H18Cl2O/c1-3-11(2)12-7-9-13(10-8-12)17(20)16-14(18)5-4-6-15(16)19/h4-11,17,20H,3H2,1-2H3. The average Bonchev–Trinajstić information content (AvgIpc) is 2.46. The summed E-state index contributed by atoms with van der Waals surface area (Å²) in [6.45, 7) is 4.35. The highest BCUT2D eigenvalue weighted by Gasteiger charge is 2.17. The third-order valence-electron chi connectivity index (χ3n) is 3.71. The summed E-state index contributed by atoms with van der Waals surface area (Å²) >= 11 is 12.3. The number of aliphatic hydroxyl groups is 1. The van der Waals surface area contributed by atoms with Gasteiger partial charge in [0.05, 0.1) is 0 Å². The molecule has 1 N–H and O–H groups in total. The quantitative estimate of drug-likeness (QED) is 0.780. The van der Waals surface area contributed by atoms with Crippen LogP contribution in [-0.4, -0.2) is 5.11 Å². The summed E-state index contributed by atoms with van der Waals surface area (Å²) in [5, 5.41) is 11.4. The minimum atomic E-state index is -0.804. The van der Waals surface area contributed by atoms with E-state index in [4.69, 9.17) is 23.2 Å². The second kappa shape index (κ2) is 6.62. The maximum atomic E-state index is 10.5. The van der Waals surface area contributed by atoms with Gasteiger partial charge in [-0.25, -0.2) is 0 Å². The van der Waals surface area contributed by atoms with Crippen molar-refractivity contribution in [2.75, 3.05) is 0 Å². The maximum Gasteiger partial charge on any atom is 0.107 e. The van der Waals surface area contributed by atoms with E-state index in [1.807, 2.05) is 12.1 Å². The van der Waals surface area contributed by atoms with Crippen molar-refractivity contribution in [1.29, 1.82) is 0 Å². The van der Waals surface area contributed by atoms with Crippen LogP contribution >= 0.6 is 23.2 Å². The van der Waals surface area contributed by atoms with Crippen LogP contribution in [0.2, 0.25) is 10.0 Å². The summed E-state index contributed by atoms with van der Waals surface area (Å²) in [6, 6.07) is 13.2. The fourth-order valence-corrected chi connectivity index (χ4v) is 2.79. The topological polar surface area (TPSA) is 20.2 Å². The zero-order chi connectivity index (χ0) is 14.7. The van der Waals surface area contributed by atoms with Gasteiger partial charge in [-0.2, -0.15) is 0 Å². The summed E-state index contributed by atoms with van der Waals surface area (Å²) in [6.07, 6.45) is 0.292. The molecule has 0 spiro atoms. The van der Waals surface area contributed by atoms with E-state index in [0.717, 1.165) is 12.0 Å². The van der Waals surface area contributed by atoms with Crippen molar-refractivity contribution in [3.05, 3.63) is 69.2 Å². The van der Waals surface area contributed by atoms with Crippen LogP contribution in [-0.2, 0) is 0 Å². The van der Waals surface area contributed by atoms with E-state index in [0.29, 0.717) is 21.5 Å². The molecule has 1 nitrogen and oxygen atoms in total. The Labute approximate surface area is 130 Å². The van der Waals surface area contributed by atoms with E-state index in [2.05, 4.69) is 26.0 Å². The molecule has 2 atom stereocenters. The van der Waals surface area contributed by atoms with E-state index in [1.54, 1.807) is 18.2 Å². The fraction of sp³-hybridized carbons (Fsp3) is 0.294. The molecule has 0 aliphatic rings. The molecule has 0 saturated heterocycles. The lowest BCUT2D eigenvalue weighted by atomic mass is 9.95. The molecular formula is C17H18Cl2O. The van der Waals surface area contributed by atoms with E-state index in [-0.39, 0.29) is 0 Å². The normalized spacial score (nSPS) is 14.1. The zero-order valence-electron chi connectivity index (χ0n) is 11.6. The molecule has 0 aliphatic heterocycles. The van der Waals surface area contributed by atoms with Gasteiger partial charge in [0.15, 0.2) is 0 Å². The van der Waals surface area contributed by atoms with E-state index in [9.17, 15) is 5.11 Å². The molecule has 106 valence electrons. The number of hydrogen-bond acceptors (Lipinski definition) is 1. The first-order valence-electron chi connectivity index (χ1n) is 6.76. The Bertz CT molecular complexity index is 558. The summed E-state index contributed by atoms with van der Waals surface area (Å²) in [5.41, 5.74) is 2.63. The highest BCUT2D eigenvalue weighted by atomic mass is 35.5. The van der Waals surface area contributed by atoms with Crippen LogP contribution in [0.1, 0.15) is 49.0 Å². The molecular weight excluding hydrogens is 291 g/mol. The first kappa shape index (κ1) is 15.4. The molecule has 0 bridgehead atoms. The van der Waals surface area contributed by atoms with Gasteiger partial charge in [-0.3, -0.25) is 0 Å². The Balaban J connectivity index is 2.32. The van der Waals surface area contributed by atoms with Crippen LogP contribution in [0.25, 0.3) is 0 Å². The van der Waals surface area contributed by atoms with Crippen molar-refractivity contribution in [2.45, 2.75) is 32.3 Å². The smallest absolute Gasteiger partial charge is 0.107 e. The third kappa shape index (κ3) is 3.17. The van der Waals surface area contributed by atoms with Crippen LogP contribution in [0.5, 0.6) is 0 Å². The predicted octanol–water partition coefficient (Wildman–Crippen LogP) is 5.59. The summed E-state index contributed by atoms with van der Waals surface area (Å²) in [5.74, 6) is 0.519. The molecule has 0 radical (unpaired) electrons. The molecule has 0 saturated carbocycles. The van der Waals surface area contributed by atoms with Crippen molar-refractivity contribution in [1.82, 2.24) is 0 Å². The Morgan fingerprint density at radius 2 is 1.45 bits per heavy atom. The Morgan fingerprint density at radius 3 is 1.95 bits per heavy atom. The highest BCUT2D eigenvalue weighted by molar-refractivity contribution is 6.36. The summed E-state index contributed by atoms with van der Waals surface area (Å²) < 4.78 is 0. The zero-order valence-corrected chi connectivity index (χ0v) is 13.1. The lowest BCUT2D eigenvalue weighted by Gasteiger charge is -2.16. The molecule has 3 heteroatoms. The van der Waals surface area contributed by atoms with E-state index < -0.39 is 6.10 Å². The van der Waals surface area contributed by atoms with E-state index >= 15 is 0 Å². The molecule has 2 aromatic carbocycles. The number of halogens is 2. The Morgan fingerprint density at radius 1 is 0.950 bits per heavy atom. The molecule has 0 fully saturated rings. The molecule has 2 unspecified atom stereocenters. The SMILES string of the molecule is CCC(C)c1ccc(C(O)c2c(Cl)cccc2Cl)cc1. The summed E-state index contributed by atoms with van der Waals surface area (Å²) in [4.78, 5) is 0. The highest BCUT2D eigenvalue weighted by Crippen LogP contribution is 2.34. The molecule has 20 heavy (non-hydrogen) atoms. The lowest BCUT2D eigenvalue weighted by Crippen LogP contribution is -2.02. The van der Waals surface area contributed by atoms with Gasteiger partial charge in [0.25, 0.3) is 0 Å². The predicted molar refractivity (Wildman–Crippen MR) is 85.7 cm³/mol. The van der Waals surface area contributed by atoms with Gasteiger partial charge in [0.1, 0.15) is 6.10 Å². The second-order valence-corrected chi connectivity index (χ2v) is 5.83. The fourth-order valence-electron chi connectivity index (χ4n) is 2.18. The minimum Gasteiger partial charge on any atom is -0.384 e. The number of benzene rings is 2. The molecule has 0 amide bonds. The number of aliphatic hydroxyl groups excluding tert-OH is 1. The Kier molecular flexibility index (Phi) is 5.09. The lowest BCUT2D eigenvalue weighted by molar-refractivity contribution is 0.220. The van der Waals surface area contributed by atoms with Crippen LogP contribution in [0.4, 0.5) is 0 Å². The molecule has 2 aromatic rings. The maximum absolute atomic E-state index is 10.5. The van der Waals surface area contributed by atoms with Gasteiger partial charge in [0.2, 0.25) is 0 Å². The second-order valence-electron chi connectivity index (χ2n) is 5.01. The summed E-state index contributed by atoms with van der Waals surface area (Å²) in [7, 11) is 0. The number of rotatable bonds is 4. The minimum absolute atomic E-state index is 0.482. The van der Waals surface area contributed by atoms with Gasteiger partial charge < -0.3 is 5.11 Å². The van der Waals surface area contributed by atoms with Gasteiger partial charge in [-0.05, 0) is 35.6 Å². The van der Waals surface area contributed by atoms with Crippen molar-refractivity contribution in [2.24, 2.45) is 0 Å². The van der Waals surface area contributed by atoms with Crippen LogP contribution in [0.15, 0.2) is 42.5 Å². The molecule has 0 aromatic heterocycles. The van der Waals surface area contributed by atoms with Crippen molar-refractivity contribution < 1.29 is 5.11 Å².